The number of ketones is 1. The van der Waals surface area contributed by atoms with Crippen molar-refractivity contribution in [2.75, 3.05) is 4.90 Å². The first-order valence-corrected chi connectivity index (χ1v) is 9.99. The molecular weight excluding hydrogens is 372 g/mol. The molecule has 1 aliphatic heterocycles. The van der Waals surface area contributed by atoms with Crippen LogP contribution in [0.4, 0.5) is 5.69 Å². The van der Waals surface area contributed by atoms with E-state index in [-0.39, 0.29) is 24.2 Å². The summed E-state index contributed by atoms with van der Waals surface area (Å²) in [6, 6.07) is 24.4. The number of aromatic nitrogens is 1. The number of aryl methyl sites for hydroxylation is 1. The molecule has 0 unspecified atom stereocenters. The number of nitrogens with zero attached hydrogens (tertiary/aromatic N) is 2. The second-order valence-corrected chi connectivity index (χ2v) is 7.62. The predicted molar refractivity (Wildman–Crippen MR) is 118 cm³/mol. The number of hydrogen-bond donors (Lipinski definition) is 0. The van der Waals surface area contributed by atoms with Gasteiger partial charge in [-0.15, -0.1) is 0 Å². The molecule has 0 spiro atoms. The number of Topliss-reactive ketones (excluding diaryl/α,β-unsaturated/α-hetero) is 1. The molecule has 2 heterocycles. The fourth-order valence-electron chi connectivity index (χ4n) is 4.19. The predicted octanol–water partition coefficient (Wildman–Crippen LogP) is 5.52. The Morgan fingerprint density at radius 2 is 1.70 bits per heavy atom. The molecule has 30 heavy (non-hydrogen) atoms. The minimum Gasteiger partial charge on any atom is -0.298 e. The maximum atomic E-state index is 13.4. The van der Waals surface area contributed by atoms with Crippen LogP contribution >= 0.6 is 0 Å². The Balaban J connectivity index is 1.61. The molecule has 4 heteroatoms. The average Bonchev–Trinajstić information content (AvgIpc) is 3.05. The number of fused-ring (bicyclic) bond motifs is 2. The highest BCUT2D eigenvalue weighted by atomic mass is 16.2. The molecule has 3 aromatic carbocycles. The Bertz CT molecular complexity index is 1270. The molecule has 0 saturated carbocycles. The second kappa shape index (κ2) is 7.23. The van der Waals surface area contributed by atoms with E-state index < -0.39 is 0 Å². The standard InChI is InChI=1S/C26H20N2O2/c1-17-11-13-18(14-12-17)24(29)16-23-20-8-2-3-9-21(20)26(30)28(23)22-10-4-6-19-7-5-15-27-25(19)22/h2-15,23H,16H2,1H3/t23-/m0/s1. The van der Waals surface area contributed by atoms with Gasteiger partial charge in [-0.05, 0) is 30.7 Å². The molecule has 4 aromatic rings. The summed E-state index contributed by atoms with van der Waals surface area (Å²) in [5.74, 6) is -0.0758. The van der Waals surface area contributed by atoms with Crippen molar-refractivity contribution in [3.63, 3.8) is 0 Å². The Morgan fingerprint density at radius 3 is 2.53 bits per heavy atom. The first-order chi connectivity index (χ1) is 14.6. The van der Waals surface area contributed by atoms with Gasteiger partial charge < -0.3 is 0 Å². The Kier molecular flexibility index (Phi) is 4.40. The van der Waals surface area contributed by atoms with Crippen LogP contribution in [0.25, 0.3) is 10.9 Å². The van der Waals surface area contributed by atoms with Crippen LogP contribution in [0.15, 0.2) is 85.1 Å². The van der Waals surface area contributed by atoms with Gasteiger partial charge in [0, 0.05) is 29.1 Å². The van der Waals surface area contributed by atoms with Crippen molar-refractivity contribution in [2.24, 2.45) is 0 Å². The lowest BCUT2D eigenvalue weighted by Gasteiger charge is -2.26. The normalized spacial score (nSPS) is 15.4. The van der Waals surface area contributed by atoms with E-state index in [2.05, 4.69) is 4.98 Å². The van der Waals surface area contributed by atoms with Crippen LogP contribution in [0.1, 0.15) is 44.3 Å². The quantitative estimate of drug-likeness (QED) is 0.430. The minimum atomic E-state index is -0.366. The first-order valence-electron chi connectivity index (χ1n) is 9.99. The van der Waals surface area contributed by atoms with E-state index in [4.69, 9.17) is 0 Å². The molecular formula is C26H20N2O2. The molecule has 0 radical (unpaired) electrons. The SMILES string of the molecule is Cc1ccc(C(=O)C[C@H]2c3ccccc3C(=O)N2c2cccc3cccnc23)cc1. The van der Waals surface area contributed by atoms with Crippen LogP contribution in [0.3, 0.4) is 0 Å². The number of hydrogen-bond acceptors (Lipinski definition) is 3. The number of carbonyl (C=O) groups excluding carboxylic acids is 2. The lowest BCUT2D eigenvalue weighted by Crippen LogP contribution is -2.29. The number of pyridine rings is 1. The topological polar surface area (TPSA) is 50.3 Å². The van der Waals surface area contributed by atoms with Crippen molar-refractivity contribution in [3.05, 3.63) is 107 Å². The Labute approximate surface area is 174 Å². The zero-order chi connectivity index (χ0) is 20.7. The molecule has 1 amide bonds. The second-order valence-electron chi connectivity index (χ2n) is 7.62. The molecule has 146 valence electrons. The van der Waals surface area contributed by atoms with E-state index in [0.717, 1.165) is 27.7 Å². The van der Waals surface area contributed by atoms with Crippen molar-refractivity contribution in [1.29, 1.82) is 0 Å². The summed E-state index contributed by atoms with van der Waals surface area (Å²) in [5, 5.41) is 0.961. The number of para-hydroxylation sites is 1. The number of amides is 1. The van der Waals surface area contributed by atoms with Gasteiger partial charge in [0.2, 0.25) is 0 Å². The summed E-state index contributed by atoms with van der Waals surface area (Å²) in [6.07, 6.45) is 1.95. The van der Waals surface area contributed by atoms with Gasteiger partial charge in [0.1, 0.15) is 0 Å². The Hall–Kier alpha value is -3.79. The van der Waals surface area contributed by atoms with E-state index in [1.54, 1.807) is 11.1 Å². The van der Waals surface area contributed by atoms with E-state index in [9.17, 15) is 9.59 Å². The average molecular weight is 392 g/mol. The highest BCUT2D eigenvalue weighted by Gasteiger charge is 2.39. The van der Waals surface area contributed by atoms with Gasteiger partial charge in [0.15, 0.2) is 5.78 Å². The number of anilines is 1. The van der Waals surface area contributed by atoms with E-state index in [1.165, 1.54) is 0 Å². The molecule has 0 saturated heterocycles. The third-order valence-corrected chi connectivity index (χ3v) is 5.70. The minimum absolute atomic E-state index is 0.0164. The molecule has 0 aliphatic carbocycles. The van der Waals surface area contributed by atoms with Crippen molar-refractivity contribution in [3.8, 4) is 0 Å². The van der Waals surface area contributed by atoms with E-state index in [0.29, 0.717) is 11.1 Å². The zero-order valence-electron chi connectivity index (χ0n) is 16.6. The van der Waals surface area contributed by atoms with Crippen LogP contribution in [0.5, 0.6) is 0 Å². The Morgan fingerprint density at radius 1 is 0.933 bits per heavy atom. The van der Waals surface area contributed by atoms with E-state index >= 15 is 0 Å². The van der Waals surface area contributed by atoms with Crippen molar-refractivity contribution in [2.45, 2.75) is 19.4 Å². The lowest BCUT2D eigenvalue weighted by atomic mass is 9.96. The molecule has 0 fully saturated rings. The van der Waals surface area contributed by atoms with Crippen LogP contribution in [0.2, 0.25) is 0 Å². The number of rotatable bonds is 4. The molecule has 1 aromatic heterocycles. The van der Waals surface area contributed by atoms with Gasteiger partial charge in [-0.3, -0.25) is 19.5 Å². The maximum absolute atomic E-state index is 13.4. The fraction of sp³-hybridized carbons (Fsp3) is 0.115. The summed E-state index contributed by atoms with van der Waals surface area (Å²) < 4.78 is 0. The monoisotopic (exact) mass is 392 g/mol. The van der Waals surface area contributed by atoms with Gasteiger partial charge >= 0.3 is 0 Å². The highest BCUT2D eigenvalue weighted by Crippen LogP contribution is 2.42. The maximum Gasteiger partial charge on any atom is 0.259 e. The lowest BCUT2D eigenvalue weighted by molar-refractivity contribution is 0.0960. The van der Waals surface area contributed by atoms with Gasteiger partial charge in [0.25, 0.3) is 5.91 Å². The fourth-order valence-corrected chi connectivity index (χ4v) is 4.19. The largest absolute Gasteiger partial charge is 0.298 e. The molecule has 1 aliphatic rings. The van der Waals surface area contributed by atoms with Crippen LogP contribution < -0.4 is 4.90 Å². The van der Waals surface area contributed by atoms with Crippen LogP contribution in [-0.4, -0.2) is 16.7 Å². The van der Waals surface area contributed by atoms with Gasteiger partial charge in [-0.2, -0.15) is 0 Å². The smallest absolute Gasteiger partial charge is 0.259 e. The van der Waals surface area contributed by atoms with Crippen molar-refractivity contribution in [1.82, 2.24) is 4.98 Å². The van der Waals surface area contributed by atoms with Crippen molar-refractivity contribution < 1.29 is 9.59 Å². The molecule has 0 bridgehead atoms. The number of benzene rings is 3. The van der Waals surface area contributed by atoms with Gasteiger partial charge in [0.05, 0.1) is 17.2 Å². The summed E-state index contributed by atoms with van der Waals surface area (Å²) in [5.41, 5.74) is 4.79. The van der Waals surface area contributed by atoms with Gasteiger partial charge in [-0.25, -0.2) is 0 Å². The van der Waals surface area contributed by atoms with Crippen LogP contribution in [-0.2, 0) is 0 Å². The molecule has 4 nitrogen and oxygen atoms in total. The first kappa shape index (κ1) is 18.3. The zero-order valence-corrected chi connectivity index (χ0v) is 16.6. The van der Waals surface area contributed by atoms with Crippen LogP contribution in [0, 0.1) is 6.92 Å². The van der Waals surface area contributed by atoms with E-state index in [1.807, 2.05) is 85.8 Å². The summed E-state index contributed by atoms with van der Waals surface area (Å²) >= 11 is 0. The number of carbonyl (C=O) groups is 2. The molecule has 1 atom stereocenters. The summed E-state index contributed by atoms with van der Waals surface area (Å²) in [4.78, 5) is 32.8. The highest BCUT2D eigenvalue weighted by molar-refractivity contribution is 6.15. The summed E-state index contributed by atoms with van der Waals surface area (Å²) in [7, 11) is 0. The van der Waals surface area contributed by atoms with Gasteiger partial charge in [-0.1, -0.05) is 66.2 Å². The molecule has 5 rings (SSSR count). The third-order valence-electron chi connectivity index (χ3n) is 5.70. The summed E-state index contributed by atoms with van der Waals surface area (Å²) in [6.45, 7) is 2.00. The third kappa shape index (κ3) is 2.98. The molecule has 0 N–H and O–H groups in total. The van der Waals surface area contributed by atoms with Crippen molar-refractivity contribution >= 4 is 28.3 Å².